The van der Waals surface area contributed by atoms with Crippen LogP contribution in [0.25, 0.3) is 0 Å². The average molecular weight is 275 g/mol. The monoisotopic (exact) mass is 274 g/mol. The maximum Gasteiger partial charge on any atom is 0.244 e. The summed E-state index contributed by atoms with van der Waals surface area (Å²) in [5, 5.41) is 0.227. The van der Waals surface area contributed by atoms with E-state index in [1.54, 1.807) is 6.07 Å². The molecule has 0 bridgehead atoms. The molecule has 17 heavy (non-hydrogen) atoms. The van der Waals surface area contributed by atoms with Gasteiger partial charge in [-0.25, -0.2) is 8.42 Å². The summed E-state index contributed by atoms with van der Waals surface area (Å²) in [7, 11) is -3.49. The van der Waals surface area contributed by atoms with Gasteiger partial charge in [-0.05, 0) is 31.0 Å². The molecular weight excluding hydrogens is 260 g/mol. The van der Waals surface area contributed by atoms with E-state index in [1.807, 2.05) is 0 Å². The number of hydrogen-bond acceptors (Lipinski definition) is 3. The van der Waals surface area contributed by atoms with Crippen LogP contribution in [0.2, 0.25) is 5.02 Å². The maximum absolute atomic E-state index is 12.3. The highest BCUT2D eigenvalue weighted by atomic mass is 35.5. The first-order valence-electron chi connectivity index (χ1n) is 5.57. The van der Waals surface area contributed by atoms with Crippen LogP contribution in [0.15, 0.2) is 23.1 Å². The minimum Gasteiger partial charge on any atom is -0.399 e. The summed E-state index contributed by atoms with van der Waals surface area (Å²) in [4.78, 5) is 0.112. The van der Waals surface area contributed by atoms with Crippen molar-refractivity contribution in [3.63, 3.8) is 0 Å². The van der Waals surface area contributed by atoms with Gasteiger partial charge in [0.1, 0.15) is 4.90 Å². The molecule has 1 heterocycles. The Morgan fingerprint density at radius 3 is 2.47 bits per heavy atom. The second kappa shape index (κ2) is 4.84. The summed E-state index contributed by atoms with van der Waals surface area (Å²) in [6.45, 7) is 1.13. The average Bonchev–Trinajstić information content (AvgIpc) is 2.33. The number of anilines is 1. The third-order valence-corrected chi connectivity index (χ3v) is 5.27. The van der Waals surface area contributed by atoms with Crippen molar-refractivity contribution in [1.29, 1.82) is 0 Å². The largest absolute Gasteiger partial charge is 0.399 e. The lowest BCUT2D eigenvalue weighted by molar-refractivity contribution is 0.346. The summed E-state index contributed by atoms with van der Waals surface area (Å²) < 4.78 is 26.2. The number of sulfonamides is 1. The van der Waals surface area contributed by atoms with Crippen molar-refractivity contribution >= 4 is 27.3 Å². The van der Waals surface area contributed by atoms with Crippen LogP contribution in [0.3, 0.4) is 0 Å². The summed E-state index contributed by atoms with van der Waals surface area (Å²) in [5.74, 6) is 0. The van der Waals surface area contributed by atoms with Crippen LogP contribution in [-0.2, 0) is 10.0 Å². The van der Waals surface area contributed by atoms with Crippen molar-refractivity contribution < 1.29 is 8.42 Å². The highest BCUT2D eigenvalue weighted by Gasteiger charge is 2.27. The number of nitrogens with zero attached hydrogens (tertiary/aromatic N) is 1. The van der Waals surface area contributed by atoms with Crippen molar-refractivity contribution in [2.24, 2.45) is 0 Å². The van der Waals surface area contributed by atoms with Gasteiger partial charge >= 0.3 is 0 Å². The zero-order valence-electron chi connectivity index (χ0n) is 9.39. The second-order valence-electron chi connectivity index (χ2n) is 4.15. The van der Waals surface area contributed by atoms with Crippen molar-refractivity contribution in [3.8, 4) is 0 Å². The molecule has 0 saturated carbocycles. The van der Waals surface area contributed by atoms with E-state index in [0.29, 0.717) is 18.8 Å². The Hall–Kier alpha value is -0.780. The van der Waals surface area contributed by atoms with Gasteiger partial charge in [-0.2, -0.15) is 4.31 Å². The minimum atomic E-state index is -3.49. The van der Waals surface area contributed by atoms with Crippen molar-refractivity contribution in [2.45, 2.75) is 24.2 Å². The summed E-state index contributed by atoms with van der Waals surface area (Å²) in [6, 6.07) is 4.54. The number of rotatable bonds is 2. The van der Waals surface area contributed by atoms with E-state index in [1.165, 1.54) is 16.4 Å². The van der Waals surface area contributed by atoms with Crippen LogP contribution < -0.4 is 5.73 Å². The van der Waals surface area contributed by atoms with Crippen molar-refractivity contribution in [2.75, 3.05) is 18.8 Å². The van der Waals surface area contributed by atoms with Gasteiger partial charge < -0.3 is 5.73 Å². The molecule has 1 aliphatic heterocycles. The molecule has 0 spiro atoms. The number of nitrogen functional groups attached to an aromatic ring is 1. The van der Waals surface area contributed by atoms with Crippen LogP contribution in [0, 0.1) is 0 Å². The van der Waals surface area contributed by atoms with E-state index in [-0.39, 0.29) is 9.92 Å². The van der Waals surface area contributed by atoms with Crippen LogP contribution in [0.5, 0.6) is 0 Å². The SMILES string of the molecule is Nc1ccc(Cl)c(S(=O)(=O)N2CCCCC2)c1. The molecule has 0 unspecified atom stereocenters. The molecular formula is C11H15ClN2O2S. The molecule has 1 aromatic carbocycles. The molecule has 1 aromatic rings. The summed E-state index contributed by atoms with van der Waals surface area (Å²) in [5.41, 5.74) is 6.02. The van der Waals surface area contributed by atoms with E-state index in [2.05, 4.69) is 0 Å². The fourth-order valence-electron chi connectivity index (χ4n) is 1.96. The predicted octanol–water partition coefficient (Wildman–Crippen LogP) is 2.10. The summed E-state index contributed by atoms with van der Waals surface area (Å²) >= 11 is 5.94. The van der Waals surface area contributed by atoms with Crippen molar-refractivity contribution in [1.82, 2.24) is 4.31 Å². The van der Waals surface area contributed by atoms with E-state index < -0.39 is 10.0 Å². The lowest BCUT2D eigenvalue weighted by Crippen LogP contribution is -2.35. The second-order valence-corrected chi connectivity index (χ2v) is 6.47. The van der Waals surface area contributed by atoms with Gasteiger partial charge in [-0.1, -0.05) is 18.0 Å². The third-order valence-electron chi connectivity index (χ3n) is 2.89. The van der Waals surface area contributed by atoms with Crippen LogP contribution in [0.1, 0.15) is 19.3 Å². The van der Waals surface area contributed by atoms with E-state index in [0.717, 1.165) is 19.3 Å². The number of hydrogen-bond donors (Lipinski definition) is 1. The Kier molecular flexibility index (Phi) is 3.61. The first kappa shape index (κ1) is 12.7. The Balaban J connectivity index is 2.40. The third kappa shape index (κ3) is 2.56. The van der Waals surface area contributed by atoms with Gasteiger partial charge in [-0.3, -0.25) is 0 Å². The van der Waals surface area contributed by atoms with Crippen LogP contribution >= 0.6 is 11.6 Å². The topological polar surface area (TPSA) is 63.4 Å². The first-order valence-corrected chi connectivity index (χ1v) is 7.39. The maximum atomic E-state index is 12.3. The minimum absolute atomic E-state index is 0.112. The Labute approximate surface area is 106 Å². The normalized spacial score (nSPS) is 18.2. The number of piperidine rings is 1. The van der Waals surface area contributed by atoms with Gasteiger partial charge in [0.25, 0.3) is 0 Å². The molecule has 2 N–H and O–H groups in total. The quantitative estimate of drug-likeness (QED) is 0.840. The highest BCUT2D eigenvalue weighted by molar-refractivity contribution is 7.89. The smallest absolute Gasteiger partial charge is 0.244 e. The molecule has 94 valence electrons. The predicted molar refractivity (Wildman–Crippen MR) is 68.5 cm³/mol. The van der Waals surface area contributed by atoms with Crippen molar-refractivity contribution in [3.05, 3.63) is 23.2 Å². The zero-order chi connectivity index (χ0) is 12.5. The molecule has 2 rings (SSSR count). The lowest BCUT2D eigenvalue weighted by Gasteiger charge is -2.26. The highest BCUT2D eigenvalue weighted by Crippen LogP contribution is 2.28. The fourth-order valence-corrected chi connectivity index (χ4v) is 3.99. The molecule has 0 aromatic heterocycles. The number of benzene rings is 1. The van der Waals surface area contributed by atoms with Gasteiger partial charge in [-0.15, -0.1) is 0 Å². The molecule has 6 heteroatoms. The molecule has 0 amide bonds. The molecule has 0 atom stereocenters. The molecule has 0 radical (unpaired) electrons. The van der Waals surface area contributed by atoms with E-state index in [4.69, 9.17) is 17.3 Å². The summed E-state index contributed by atoms with van der Waals surface area (Å²) in [6.07, 6.45) is 2.88. The Bertz CT molecular complexity index is 510. The first-order chi connectivity index (χ1) is 8.01. The standard InChI is InChI=1S/C11H15ClN2O2S/c12-10-5-4-9(13)8-11(10)17(15,16)14-6-2-1-3-7-14/h4-5,8H,1-3,6-7,13H2. The Morgan fingerprint density at radius 1 is 1.18 bits per heavy atom. The van der Waals surface area contributed by atoms with E-state index >= 15 is 0 Å². The molecule has 0 aliphatic carbocycles. The lowest BCUT2D eigenvalue weighted by atomic mass is 10.2. The van der Waals surface area contributed by atoms with Gasteiger partial charge in [0.05, 0.1) is 5.02 Å². The molecule has 4 nitrogen and oxygen atoms in total. The van der Waals surface area contributed by atoms with Gasteiger partial charge in [0.2, 0.25) is 10.0 Å². The number of halogens is 1. The van der Waals surface area contributed by atoms with Crippen LogP contribution in [0.4, 0.5) is 5.69 Å². The zero-order valence-corrected chi connectivity index (χ0v) is 11.0. The molecule has 1 saturated heterocycles. The molecule has 1 aliphatic rings. The van der Waals surface area contributed by atoms with Gasteiger partial charge in [0, 0.05) is 18.8 Å². The Morgan fingerprint density at radius 2 is 1.82 bits per heavy atom. The van der Waals surface area contributed by atoms with Gasteiger partial charge in [0.15, 0.2) is 0 Å². The molecule has 1 fully saturated rings. The fraction of sp³-hybridized carbons (Fsp3) is 0.455. The van der Waals surface area contributed by atoms with Crippen LogP contribution in [-0.4, -0.2) is 25.8 Å². The number of nitrogens with two attached hydrogens (primary N) is 1. The van der Waals surface area contributed by atoms with E-state index in [9.17, 15) is 8.42 Å².